The zero-order valence-corrected chi connectivity index (χ0v) is 20.2. The van der Waals surface area contributed by atoms with E-state index in [1.165, 1.54) is 56.4 Å². The van der Waals surface area contributed by atoms with Crippen LogP contribution in [0.3, 0.4) is 0 Å². The standard InChI is InChI=1S/C25H33FN4O2S/c1-15(18-9-10-18)27-24(31)14-33-25-29-28-23(13-32-22-6-4-3-5-21(22)26)30(25)16(2)20-12-17-7-8-19(20)11-17/h3-6,15-20H,7-14H2,1-2H3,(H,27,31). The molecule has 1 aromatic carbocycles. The third-order valence-corrected chi connectivity index (χ3v) is 8.74. The van der Waals surface area contributed by atoms with E-state index in [-0.39, 0.29) is 36.2 Å². The van der Waals surface area contributed by atoms with Crippen LogP contribution >= 0.6 is 11.8 Å². The highest BCUT2D eigenvalue weighted by molar-refractivity contribution is 7.99. The number of carbonyl (C=O) groups is 1. The van der Waals surface area contributed by atoms with E-state index in [4.69, 9.17) is 4.74 Å². The molecule has 8 heteroatoms. The third-order valence-electron chi connectivity index (χ3n) is 7.80. The van der Waals surface area contributed by atoms with Crippen molar-refractivity contribution in [2.45, 2.75) is 76.2 Å². The normalized spacial score (nSPS) is 25.7. The van der Waals surface area contributed by atoms with Gasteiger partial charge in [0.25, 0.3) is 0 Å². The van der Waals surface area contributed by atoms with Gasteiger partial charge in [-0.25, -0.2) is 4.39 Å². The molecule has 6 nitrogen and oxygen atoms in total. The highest BCUT2D eigenvalue weighted by Crippen LogP contribution is 2.52. The molecule has 0 radical (unpaired) electrons. The summed E-state index contributed by atoms with van der Waals surface area (Å²) in [5.74, 6) is 3.64. The lowest BCUT2D eigenvalue weighted by Crippen LogP contribution is -2.35. The number of amides is 1. The van der Waals surface area contributed by atoms with Crippen molar-refractivity contribution in [2.75, 3.05) is 5.75 Å². The fourth-order valence-electron chi connectivity index (χ4n) is 5.83. The maximum atomic E-state index is 14.1. The molecule has 3 aliphatic rings. The van der Waals surface area contributed by atoms with Crippen molar-refractivity contribution in [1.82, 2.24) is 20.1 Å². The number of para-hydroxylation sites is 1. The molecule has 0 saturated heterocycles. The zero-order valence-electron chi connectivity index (χ0n) is 19.4. The van der Waals surface area contributed by atoms with Crippen LogP contribution in [-0.2, 0) is 11.4 Å². The van der Waals surface area contributed by atoms with Crippen molar-refractivity contribution in [3.05, 3.63) is 35.9 Å². The van der Waals surface area contributed by atoms with E-state index in [2.05, 4.69) is 33.9 Å². The van der Waals surface area contributed by atoms with Gasteiger partial charge in [-0.15, -0.1) is 10.2 Å². The molecule has 0 spiro atoms. The second kappa shape index (κ2) is 9.65. The molecule has 1 aromatic heterocycles. The number of aromatic nitrogens is 3. The molecule has 178 valence electrons. The lowest BCUT2D eigenvalue weighted by molar-refractivity contribution is -0.119. The summed E-state index contributed by atoms with van der Waals surface area (Å²) in [6.07, 6.45) is 7.61. The van der Waals surface area contributed by atoms with Gasteiger partial charge >= 0.3 is 0 Å². The number of nitrogens with zero attached hydrogens (tertiary/aromatic N) is 3. The van der Waals surface area contributed by atoms with Gasteiger partial charge in [0, 0.05) is 12.1 Å². The summed E-state index contributed by atoms with van der Waals surface area (Å²) in [5, 5.41) is 12.7. The van der Waals surface area contributed by atoms with Gasteiger partial charge in [-0.2, -0.15) is 0 Å². The molecule has 33 heavy (non-hydrogen) atoms. The van der Waals surface area contributed by atoms with Crippen LogP contribution in [0.2, 0.25) is 0 Å². The average molecular weight is 473 g/mol. The molecular weight excluding hydrogens is 439 g/mol. The SMILES string of the molecule is CC(NC(=O)CSc1nnc(COc2ccccc2F)n1C(C)C1CC2CCC1C2)C1CC1. The van der Waals surface area contributed by atoms with Gasteiger partial charge < -0.3 is 10.1 Å². The first kappa shape index (κ1) is 22.7. The Hall–Kier alpha value is -2.09. The number of nitrogens with one attached hydrogen (secondary N) is 1. The van der Waals surface area contributed by atoms with Crippen molar-refractivity contribution < 1.29 is 13.9 Å². The molecule has 3 aliphatic carbocycles. The minimum absolute atomic E-state index is 0.0330. The Kier molecular flexibility index (Phi) is 6.63. The number of ether oxygens (including phenoxy) is 1. The number of rotatable bonds is 10. The van der Waals surface area contributed by atoms with Crippen LogP contribution in [0.4, 0.5) is 4.39 Å². The molecule has 2 aromatic rings. The van der Waals surface area contributed by atoms with E-state index < -0.39 is 0 Å². The van der Waals surface area contributed by atoms with Gasteiger partial charge in [0.2, 0.25) is 5.91 Å². The molecular formula is C25H33FN4O2S. The molecule has 1 N–H and O–H groups in total. The van der Waals surface area contributed by atoms with Crippen molar-refractivity contribution in [1.29, 1.82) is 0 Å². The molecule has 1 heterocycles. The summed E-state index contributed by atoms with van der Waals surface area (Å²) < 4.78 is 22.0. The third kappa shape index (κ3) is 5.05. The van der Waals surface area contributed by atoms with Crippen molar-refractivity contribution in [2.24, 2.45) is 23.7 Å². The predicted molar refractivity (Wildman–Crippen MR) is 125 cm³/mol. The van der Waals surface area contributed by atoms with E-state index in [1.54, 1.807) is 18.2 Å². The van der Waals surface area contributed by atoms with Crippen LogP contribution in [0.1, 0.15) is 64.2 Å². The van der Waals surface area contributed by atoms with Crippen LogP contribution < -0.4 is 10.1 Å². The molecule has 2 bridgehead atoms. The smallest absolute Gasteiger partial charge is 0.230 e. The van der Waals surface area contributed by atoms with Gasteiger partial charge in [0.05, 0.1) is 5.75 Å². The minimum Gasteiger partial charge on any atom is -0.483 e. The maximum Gasteiger partial charge on any atom is 0.230 e. The largest absolute Gasteiger partial charge is 0.483 e. The lowest BCUT2D eigenvalue weighted by atomic mass is 9.84. The second-order valence-electron chi connectivity index (χ2n) is 10.0. The number of carbonyl (C=O) groups excluding carboxylic acids is 1. The van der Waals surface area contributed by atoms with E-state index in [9.17, 15) is 9.18 Å². The fourth-order valence-corrected chi connectivity index (χ4v) is 6.69. The lowest BCUT2D eigenvalue weighted by Gasteiger charge is -2.30. The van der Waals surface area contributed by atoms with Crippen LogP contribution in [0, 0.1) is 29.5 Å². The first-order chi connectivity index (χ1) is 16.0. The predicted octanol–water partition coefficient (Wildman–Crippen LogP) is 5.00. The van der Waals surface area contributed by atoms with Gasteiger partial charge in [-0.05, 0) is 81.8 Å². The topological polar surface area (TPSA) is 69.0 Å². The van der Waals surface area contributed by atoms with Gasteiger partial charge in [0.15, 0.2) is 22.5 Å². The van der Waals surface area contributed by atoms with Crippen LogP contribution in [0.15, 0.2) is 29.4 Å². The van der Waals surface area contributed by atoms with E-state index in [1.807, 2.05) is 0 Å². The summed E-state index contributed by atoms with van der Waals surface area (Å²) in [5.41, 5.74) is 0. The van der Waals surface area contributed by atoms with Crippen LogP contribution in [-0.4, -0.2) is 32.5 Å². The Morgan fingerprint density at radius 2 is 2.03 bits per heavy atom. The highest BCUT2D eigenvalue weighted by atomic mass is 32.2. The molecule has 0 aliphatic heterocycles. The summed E-state index contributed by atoms with van der Waals surface area (Å²) in [7, 11) is 0. The van der Waals surface area contributed by atoms with Crippen molar-refractivity contribution in [3.63, 3.8) is 0 Å². The fraction of sp³-hybridized carbons (Fsp3) is 0.640. The molecule has 3 saturated carbocycles. The average Bonchev–Trinajstić information content (AvgIpc) is 3.25. The monoisotopic (exact) mass is 472 g/mol. The summed E-state index contributed by atoms with van der Waals surface area (Å²) in [6.45, 7) is 4.46. The number of hydrogen-bond acceptors (Lipinski definition) is 5. The Morgan fingerprint density at radius 3 is 2.73 bits per heavy atom. The minimum atomic E-state index is -0.388. The number of benzene rings is 1. The van der Waals surface area contributed by atoms with Crippen molar-refractivity contribution >= 4 is 17.7 Å². The maximum absolute atomic E-state index is 14.1. The Bertz CT molecular complexity index is 995. The van der Waals surface area contributed by atoms with Gasteiger partial charge in [-0.3, -0.25) is 9.36 Å². The van der Waals surface area contributed by atoms with Crippen LogP contribution in [0.25, 0.3) is 0 Å². The van der Waals surface area contributed by atoms with Crippen molar-refractivity contribution in [3.8, 4) is 5.75 Å². The van der Waals surface area contributed by atoms with E-state index >= 15 is 0 Å². The number of thioether (sulfide) groups is 1. The Morgan fingerprint density at radius 1 is 1.21 bits per heavy atom. The second-order valence-corrected chi connectivity index (χ2v) is 11.0. The number of hydrogen-bond donors (Lipinski definition) is 1. The number of fused-ring (bicyclic) bond motifs is 2. The van der Waals surface area contributed by atoms with E-state index in [0.717, 1.165) is 17.0 Å². The Labute approximate surface area is 199 Å². The number of halogens is 1. The zero-order chi connectivity index (χ0) is 22.9. The van der Waals surface area contributed by atoms with Gasteiger partial charge in [-0.1, -0.05) is 30.3 Å². The Balaban J connectivity index is 1.31. The quantitative estimate of drug-likeness (QED) is 0.493. The van der Waals surface area contributed by atoms with E-state index in [0.29, 0.717) is 23.4 Å². The molecule has 1 amide bonds. The molecule has 5 atom stereocenters. The highest BCUT2D eigenvalue weighted by Gasteiger charge is 2.43. The first-order valence-corrected chi connectivity index (χ1v) is 13.2. The molecule has 5 unspecified atom stereocenters. The summed E-state index contributed by atoms with van der Waals surface area (Å²) >= 11 is 1.43. The first-order valence-electron chi connectivity index (χ1n) is 12.2. The van der Waals surface area contributed by atoms with Crippen LogP contribution in [0.5, 0.6) is 5.75 Å². The molecule has 5 rings (SSSR count). The summed E-state index contributed by atoms with van der Waals surface area (Å²) in [4.78, 5) is 12.5. The summed E-state index contributed by atoms with van der Waals surface area (Å²) in [6, 6.07) is 6.85. The van der Waals surface area contributed by atoms with Gasteiger partial charge in [0.1, 0.15) is 6.61 Å². The molecule has 3 fully saturated rings.